The highest BCUT2D eigenvalue weighted by atomic mass is 79.9. The molecule has 1 aliphatic rings. The van der Waals surface area contributed by atoms with Gasteiger partial charge in [0.25, 0.3) is 0 Å². The summed E-state index contributed by atoms with van der Waals surface area (Å²) in [5.41, 5.74) is 2.66. The minimum absolute atomic E-state index is 0.817. The zero-order valence-electron chi connectivity index (χ0n) is 11.4. The zero-order valence-corrected chi connectivity index (χ0v) is 13.0. The molecule has 1 atom stereocenters. The molecule has 100 valence electrons. The molecule has 2 nitrogen and oxygen atoms in total. The molecule has 0 spiro atoms. The average molecular weight is 311 g/mol. The van der Waals surface area contributed by atoms with Crippen LogP contribution in [0.5, 0.6) is 0 Å². The molecule has 0 radical (unpaired) electrons. The molecule has 1 N–H and O–H groups in total. The van der Waals surface area contributed by atoms with E-state index in [9.17, 15) is 0 Å². The maximum Gasteiger partial charge on any atom is 0.0207 e. The molecule has 1 fully saturated rings. The number of benzene rings is 1. The van der Waals surface area contributed by atoms with Gasteiger partial charge in [-0.15, -0.1) is 0 Å². The maximum atomic E-state index is 3.59. The van der Waals surface area contributed by atoms with E-state index in [-0.39, 0.29) is 0 Å². The van der Waals surface area contributed by atoms with Crippen LogP contribution in [0, 0.1) is 12.8 Å². The second-order valence-electron chi connectivity index (χ2n) is 5.48. The fourth-order valence-electron chi connectivity index (χ4n) is 2.61. The first-order valence-corrected chi connectivity index (χ1v) is 7.59. The summed E-state index contributed by atoms with van der Waals surface area (Å²) in [7, 11) is 2.23. The van der Waals surface area contributed by atoms with Crippen molar-refractivity contribution in [2.24, 2.45) is 5.92 Å². The summed E-state index contributed by atoms with van der Waals surface area (Å²) in [6.45, 7) is 6.74. The number of hydrogen-bond donors (Lipinski definition) is 1. The number of nitrogens with one attached hydrogen (secondary N) is 1. The van der Waals surface area contributed by atoms with Gasteiger partial charge in [0, 0.05) is 17.6 Å². The van der Waals surface area contributed by atoms with Gasteiger partial charge in [-0.05, 0) is 63.0 Å². The van der Waals surface area contributed by atoms with Gasteiger partial charge in [0.1, 0.15) is 0 Å². The first kappa shape index (κ1) is 14.0. The van der Waals surface area contributed by atoms with Crippen molar-refractivity contribution in [3.05, 3.63) is 33.8 Å². The second-order valence-corrected chi connectivity index (χ2v) is 6.34. The van der Waals surface area contributed by atoms with Crippen LogP contribution in [0.25, 0.3) is 0 Å². The number of piperidine rings is 1. The van der Waals surface area contributed by atoms with Crippen LogP contribution in [-0.2, 0) is 6.54 Å². The smallest absolute Gasteiger partial charge is 0.0207 e. The van der Waals surface area contributed by atoms with E-state index in [1.165, 1.54) is 41.5 Å². The summed E-state index contributed by atoms with van der Waals surface area (Å²) in [6, 6.07) is 6.60. The van der Waals surface area contributed by atoms with E-state index in [4.69, 9.17) is 0 Å². The Bertz CT molecular complexity index is 392. The minimum Gasteiger partial charge on any atom is -0.312 e. The lowest BCUT2D eigenvalue weighted by Crippen LogP contribution is -2.37. The SMILES string of the molecule is Cc1ccc(CNCC2CCCN(C)C2)cc1Br. The van der Waals surface area contributed by atoms with Crippen molar-refractivity contribution >= 4 is 15.9 Å². The van der Waals surface area contributed by atoms with Gasteiger partial charge in [0.2, 0.25) is 0 Å². The average Bonchev–Trinajstić information content (AvgIpc) is 2.34. The van der Waals surface area contributed by atoms with Gasteiger partial charge >= 0.3 is 0 Å². The van der Waals surface area contributed by atoms with E-state index in [2.05, 4.69) is 58.3 Å². The lowest BCUT2D eigenvalue weighted by Gasteiger charge is -2.29. The van der Waals surface area contributed by atoms with Crippen molar-refractivity contribution in [2.45, 2.75) is 26.3 Å². The van der Waals surface area contributed by atoms with Gasteiger partial charge in [-0.25, -0.2) is 0 Å². The summed E-state index contributed by atoms with van der Waals surface area (Å²) in [4.78, 5) is 2.44. The lowest BCUT2D eigenvalue weighted by atomic mass is 9.98. The van der Waals surface area contributed by atoms with Crippen LogP contribution in [-0.4, -0.2) is 31.6 Å². The van der Waals surface area contributed by atoms with Crippen molar-refractivity contribution in [3.63, 3.8) is 0 Å². The molecule has 0 saturated carbocycles. The molecule has 0 bridgehead atoms. The van der Waals surface area contributed by atoms with Crippen LogP contribution >= 0.6 is 15.9 Å². The molecule has 1 heterocycles. The van der Waals surface area contributed by atoms with Gasteiger partial charge in [-0.3, -0.25) is 0 Å². The van der Waals surface area contributed by atoms with Crippen molar-refractivity contribution in [3.8, 4) is 0 Å². The van der Waals surface area contributed by atoms with Crippen LogP contribution in [0.2, 0.25) is 0 Å². The van der Waals surface area contributed by atoms with E-state index >= 15 is 0 Å². The number of aryl methyl sites for hydroxylation is 1. The monoisotopic (exact) mass is 310 g/mol. The van der Waals surface area contributed by atoms with E-state index in [1.807, 2.05) is 0 Å². The Morgan fingerprint density at radius 3 is 3.00 bits per heavy atom. The largest absolute Gasteiger partial charge is 0.312 e. The third-order valence-corrected chi connectivity index (χ3v) is 4.57. The Hall–Kier alpha value is -0.380. The maximum absolute atomic E-state index is 3.59. The summed E-state index contributed by atoms with van der Waals surface area (Å²) < 4.78 is 1.21. The van der Waals surface area contributed by atoms with Crippen LogP contribution in [0.3, 0.4) is 0 Å². The predicted molar refractivity (Wildman–Crippen MR) is 80.8 cm³/mol. The zero-order chi connectivity index (χ0) is 13.0. The van der Waals surface area contributed by atoms with Crippen LogP contribution in [0.15, 0.2) is 22.7 Å². The molecule has 0 aliphatic carbocycles. The van der Waals surface area contributed by atoms with Gasteiger partial charge in [0.15, 0.2) is 0 Å². The van der Waals surface area contributed by atoms with Gasteiger partial charge in [-0.1, -0.05) is 28.1 Å². The Balaban J connectivity index is 1.76. The molecule has 2 rings (SSSR count). The molecular formula is C15H23BrN2. The highest BCUT2D eigenvalue weighted by molar-refractivity contribution is 9.10. The van der Waals surface area contributed by atoms with Crippen LogP contribution < -0.4 is 5.32 Å². The summed E-state index contributed by atoms with van der Waals surface area (Å²) in [5, 5.41) is 3.59. The second kappa shape index (κ2) is 6.69. The minimum atomic E-state index is 0.817. The topological polar surface area (TPSA) is 15.3 Å². The lowest BCUT2D eigenvalue weighted by molar-refractivity contribution is 0.206. The van der Waals surface area contributed by atoms with Crippen molar-refractivity contribution in [2.75, 3.05) is 26.7 Å². The van der Waals surface area contributed by atoms with E-state index < -0.39 is 0 Å². The Kier molecular flexibility index (Phi) is 5.22. The fraction of sp³-hybridized carbons (Fsp3) is 0.600. The molecule has 0 amide bonds. The predicted octanol–water partition coefficient (Wildman–Crippen LogP) is 3.19. The van der Waals surface area contributed by atoms with Crippen molar-refractivity contribution in [1.82, 2.24) is 10.2 Å². The first-order chi connectivity index (χ1) is 8.65. The Labute approximate surface area is 119 Å². The molecule has 1 saturated heterocycles. The number of hydrogen-bond acceptors (Lipinski definition) is 2. The standard InChI is InChI=1S/C15H23BrN2/c1-12-5-6-13(8-15(12)16)9-17-10-14-4-3-7-18(2)11-14/h5-6,8,14,17H,3-4,7,9-11H2,1-2H3. The van der Waals surface area contributed by atoms with Gasteiger partial charge in [-0.2, -0.15) is 0 Å². The van der Waals surface area contributed by atoms with Gasteiger partial charge in [0.05, 0.1) is 0 Å². The highest BCUT2D eigenvalue weighted by Crippen LogP contribution is 2.18. The molecular weight excluding hydrogens is 288 g/mol. The van der Waals surface area contributed by atoms with Crippen molar-refractivity contribution in [1.29, 1.82) is 0 Å². The van der Waals surface area contributed by atoms with E-state index in [0.717, 1.165) is 19.0 Å². The number of rotatable bonds is 4. The fourth-order valence-corrected chi connectivity index (χ4v) is 3.03. The van der Waals surface area contributed by atoms with Crippen molar-refractivity contribution < 1.29 is 0 Å². The molecule has 1 aromatic carbocycles. The molecule has 18 heavy (non-hydrogen) atoms. The summed E-state index contributed by atoms with van der Waals surface area (Å²) >= 11 is 3.59. The van der Waals surface area contributed by atoms with E-state index in [0.29, 0.717) is 0 Å². The molecule has 1 aromatic rings. The molecule has 1 unspecified atom stereocenters. The summed E-state index contributed by atoms with van der Waals surface area (Å²) in [5.74, 6) is 0.817. The molecule has 0 aromatic heterocycles. The molecule has 3 heteroatoms. The number of nitrogens with zero attached hydrogens (tertiary/aromatic N) is 1. The van der Waals surface area contributed by atoms with Gasteiger partial charge < -0.3 is 10.2 Å². The Morgan fingerprint density at radius 1 is 1.44 bits per heavy atom. The first-order valence-electron chi connectivity index (χ1n) is 6.79. The number of halogens is 1. The summed E-state index contributed by atoms with van der Waals surface area (Å²) in [6.07, 6.45) is 2.72. The Morgan fingerprint density at radius 2 is 2.28 bits per heavy atom. The van der Waals surface area contributed by atoms with E-state index in [1.54, 1.807) is 0 Å². The quantitative estimate of drug-likeness (QED) is 0.919. The number of likely N-dealkylation sites (tertiary alicyclic amines) is 1. The highest BCUT2D eigenvalue weighted by Gasteiger charge is 2.16. The van der Waals surface area contributed by atoms with Crippen LogP contribution in [0.1, 0.15) is 24.0 Å². The normalized spacial score (nSPS) is 21.2. The third-order valence-electron chi connectivity index (χ3n) is 3.72. The third kappa shape index (κ3) is 4.08. The van der Waals surface area contributed by atoms with Crippen LogP contribution in [0.4, 0.5) is 0 Å². The molecule has 1 aliphatic heterocycles.